The van der Waals surface area contributed by atoms with Crippen LogP contribution in [0.1, 0.15) is 5.69 Å². The Morgan fingerprint density at radius 3 is 2.95 bits per heavy atom. The summed E-state index contributed by atoms with van der Waals surface area (Å²) in [6.45, 7) is 0.279. The zero-order valence-corrected chi connectivity index (χ0v) is 14.3. The first-order valence-corrected chi connectivity index (χ1v) is 7.51. The van der Waals surface area contributed by atoms with Crippen molar-refractivity contribution in [2.75, 3.05) is 7.11 Å². The van der Waals surface area contributed by atoms with Crippen LogP contribution in [-0.4, -0.2) is 17.1 Å². The van der Waals surface area contributed by atoms with E-state index < -0.39 is 0 Å². The maximum absolute atomic E-state index is 11.9. The normalized spacial score (nSPS) is 10.7. The molecule has 1 heterocycles. The maximum Gasteiger partial charge on any atom is 0.264 e. The van der Waals surface area contributed by atoms with E-state index in [4.69, 9.17) is 16.3 Å². The molecule has 4 nitrogen and oxygen atoms in total. The lowest BCUT2D eigenvalue weighted by Crippen LogP contribution is -2.16. The van der Waals surface area contributed by atoms with Crippen LogP contribution in [0.25, 0.3) is 11.4 Å². The van der Waals surface area contributed by atoms with Crippen molar-refractivity contribution < 1.29 is 4.74 Å². The lowest BCUT2D eigenvalue weighted by Gasteiger charge is -2.08. The van der Waals surface area contributed by atoms with Gasteiger partial charge in [0, 0.05) is 17.1 Å². The van der Waals surface area contributed by atoms with Crippen LogP contribution in [-0.2, 0) is 11.3 Å². The molecule has 0 aliphatic rings. The van der Waals surface area contributed by atoms with Crippen LogP contribution in [0.2, 0.25) is 5.02 Å². The van der Waals surface area contributed by atoms with Crippen LogP contribution in [0.15, 0.2) is 27.5 Å². The second-order valence-corrected chi connectivity index (χ2v) is 6.13. The van der Waals surface area contributed by atoms with Gasteiger partial charge in [0.15, 0.2) is 0 Å². The molecule has 0 atom stereocenters. The smallest absolute Gasteiger partial charge is 0.264 e. The van der Waals surface area contributed by atoms with Gasteiger partial charge in [0.25, 0.3) is 5.56 Å². The highest BCUT2D eigenvalue weighted by Gasteiger charge is 2.12. The number of hydrogen-bond donors (Lipinski definition) is 1. The first-order valence-electron chi connectivity index (χ1n) is 5.26. The fraction of sp³-hybridized carbons (Fsp3) is 0.167. The van der Waals surface area contributed by atoms with Crippen molar-refractivity contribution >= 4 is 50.1 Å². The van der Waals surface area contributed by atoms with Crippen molar-refractivity contribution in [1.82, 2.24) is 9.97 Å². The molecule has 1 aromatic heterocycles. The predicted molar refractivity (Wildman–Crippen MR) is 86.4 cm³/mol. The Labute approximate surface area is 136 Å². The highest BCUT2D eigenvalue weighted by molar-refractivity contribution is 14.1. The van der Waals surface area contributed by atoms with E-state index in [1.165, 1.54) is 0 Å². The molecule has 0 amide bonds. The molecule has 1 N–H and O–H groups in total. The van der Waals surface area contributed by atoms with Gasteiger partial charge in [0.2, 0.25) is 0 Å². The van der Waals surface area contributed by atoms with E-state index in [0.29, 0.717) is 25.7 Å². The summed E-state index contributed by atoms with van der Waals surface area (Å²) >= 11 is 11.5. The van der Waals surface area contributed by atoms with Crippen LogP contribution in [0.5, 0.6) is 0 Å². The zero-order valence-electron chi connectivity index (χ0n) is 9.84. The average molecular weight is 455 g/mol. The number of nitrogens with zero attached hydrogens (tertiary/aromatic N) is 1. The molecule has 0 fully saturated rings. The first kappa shape index (κ1) is 15.0. The van der Waals surface area contributed by atoms with E-state index >= 15 is 0 Å². The van der Waals surface area contributed by atoms with E-state index in [9.17, 15) is 4.79 Å². The molecule has 0 saturated heterocycles. The van der Waals surface area contributed by atoms with Gasteiger partial charge < -0.3 is 9.72 Å². The highest BCUT2D eigenvalue weighted by atomic mass is 127. The molecule has 0 aliphatic carbocycles. The minimum atomic E-state index is -0.200. The van der Waals surface area contributed by atoms with E-state index in [2.05, 4.69) is 25.9 Å². The highest BCUT2D eigenvalue weighted by Crippen LogP contribution is 2.28. The molecule has 0 bridgehead atoms. The second-order valence-electron chi connectivity index (χ2n) is 3.73. The second kappa shape index (κ2) is 6.34. The largest absolute Gasteiger partial charge is 0.378 e. The van der Waals surface area contributed by atoms with Crippen LogP contribution < -0.4 is 5.56 Å². The number of H-pyrrole nitrogens is 1. The number of methoxy groups -OCH3 is 1. The molecule has 100 valence electrons. The molecule has 2 aromatic rings. The quantitative estimate of drug-likeness (QED) is 0.720. The Morgan fingerprint density at radius 1 is 1.53 bits per heavy atom. The van der Waals surface area contributed by atoms with Gasteiger partial charge in [-0.15, -0.1) is 0 Å². The van der Waals surface area contributed by atoms with E-state index in [-0.39, 0.29) is 12.2 Å². The Bertz CT molecular complexity index is 675. The van der Waals surface area contributed by atoms with Gasteiger partial charge in [-0.2, -0.15) is 0 Å². The monoisotopic (exact) mass is 454 g/mol. The third-order valence-corrected chi connectivity index (χ3v) is 4.33. The lowest BCUT2D eigenvalue weighted by molar-refractivity contribution is 0.180. The fourth-order valence-electron chi connectivity index (χ4n) is 1.54. The number of aromatic amines is 1. The van der Waals surface area contributed by atoms with Crippen molar-refractivity contribution in [3.63, 3.8) is 0 Å². The Hall–Kier alpha value is -0.440. The number of aromatic nitrogens is 2. The van der Waals surface area contributed by atoms with Crippen LogP contribution in [0.3, 0.4) is 0 Å². The molecule has 7 heteroatoms. The summed E-state index contributed by atoms with van der Waals surface area (Å²) in [4.78, 5) is 19.0. The van der Waals surface area contributed by atoms with Crippen molar-refractivity contribution in [3.8, 4) is 11.4 Å². The Kier molecular flexibility index (Phi) is 4.99. The molecule has 0 radical (unpaired) electrons. The molecule has 0 unspecified atom stereocenters. The minimum absolute atomic E-state index is 0.200. The van der Waals surface area contributed by atoms with Crippen molar-refractivity contribution in [3.05, 3.63) is 47.3 Å². The van der Waals surface area contributed by atoms with E-state index in [1.54, 1.807) is 13.2 Å². The Balaban J connectivity index is 2.62. The molecular weight excluding hydrogens is 446 g/mol. The summed E-state index contributed by atoms with van der Waals surface area (Å²) in [6, 6.07) is 5.38. The van der Waals surface area contributed by atoms with Crippen molar-refractivity contribution in [2.45, 2.75) is 6.61 Å². The minimum Gasteiger partial charge on any atom is -0.378 e. The van der Waals surface area contributed by atoms with Crippen LogP contribution in [0, 0.1) is 3.57 Å². The number of rotatable bonds is 3. The van der Waals surface area contributed by atoms with Gasteiger partial charge in [0.1, 0.15) is 9.39 Å². The number of ether oxygens (including phenoxy) is 1. The molecule has 0 saturated carbocycles. The van der Waals surface area contributed by atoms with Gasteiger partial charge in [0.05, 0.1) is 17.3 Å². The topological polar surface area (TPSA) is 55.0 Å². The molecule has 2 rings (SSSR count). The van der Waals surface area contributed by atoms with Gasteiger partial charge in [-0.3, -0.25) is 4.79 Å². The fourth-order valence-corrected chi connectivity index (χ4v) is 2.52. The van der Waals surface area contributed by atoms with Gasteiger partial charge >= 0.3 is 0 Å². The third kappa shape index (κ3) is 3.36. The van der Waals surface area contributed by atoms with Gasteiger partial charge in [-0.1, -0.05) is 27.5 Å². The van der Waals surface area contributed by atoms with Gasteiger partial charge in [-0.25, -0.2) is 4.98 Å². The molecular formula is C12H9BrClIN2O2. The first-order chi connectivity index (χ1) is 9.02. The van der Waals surface area contributed by atoms with Crippen LogP contribution in [0.4, 0.5) is 0 Å². The summed E-state index contributed by atoms with van der Waals surface area (Å²) < 4.78 is 6.43. The summed E-state index contributed by atoms with van der Waals surface area (Å²) in [5, 5.41) is 0.524. The molecule has 0 aliphatic heterocycles. The predicted octanol–water partition coefficient (Wildman–Crippen LogP) is 3.60. The summed E-state index contributed by atoms with van der Waals surface area (Å²) in [5.74, 6) is 0.434. The van der Waals surface area contributed by atoms with E-state index in [0.717, 1.165) is 4.47 Å². The van der Waals surface area contributed by atoms with Crippen molar-refractivity contribution in [2.24, 2.45) is 0 Å². The van der Waals surface area contributed by atoms with E-state index in [1.807, 2.05) is 34.7 Å². The number of nitrogens with one attached hydrogen (secondary N) is 1. The zero-order chi connectivity index (χ0) is 14.0. The summed E-state index contributed by atoms with van der Waals surface area (Å²) in [5.41, 5.74) is 1.06. The van der Waals surface area contributed by atoms with Gasteiger partial charge in [-0.05, 0) is 40.8 Å². The molecule has 0 spiro atoms. The number of halogens is 3. The number of benzene rings is 1. The molecule has 1 aromatic carbocycles. The maximum atomic E-state index is 11.9. The SMILES string of the molecule is COCc1nc(-c2cc(Br)ccc2Cl)[nH]c(=O)c1I. The third-order valence-electron chi connectivity index (χ3n) is 2.40. The summed E-state index contributed by atoms with van der Waals surface area (Å²) in [6.07, 6.45) is 0. The lowest BCUT2D eigenvalue weighted by atomic mass is 10.2. The Morgan fingerprint density at radius 2 is 2.26 bits per heavy atom. The average Bonchev–Trinajstić information content (AvgIpc) is 2.38. The van der Waals surface area contributed by atoms with Crippen molar-refractivity contribution in [1.29, 1.82) is 0 Å². The standard InChI is InChI=1S/C12H9BrClIN2O2/c1-19-5-9-10(15)12(18)17-11(16-9)7-4-6(13)2-3-8(7)14/h2-4H,5H2,1H3,(H,16,17,18). The molecule has 19 heavy (non-hydrogen) atoms. The summed E-state index contributed by atoms with van der Waals surface area (Å²) in [7, 11) is 1.56. The number of hydrogen-bond acceptors (Lipinski definition) is 3. The van der Waals surface area contributed by atoms with Crippen LogP contribution >= 0.6 is 50.1 Å².